The summed E-state index contributed by atoms with van der Waals surface area (Å²) in [5.74, 6) is 0.644. The van der Waals surface area contributed by atoms with Gasteiger partial charge in [0.15, 0.2) is 23.5 Å². The van der Waals surface area contributed by atoms with Gasteiger partial charge in [0, 0.05) is 87.2 Å². The van der Waals surface area contributed by atoms with Crippen LogP contribution in [0.1, 0.15) is 119 Å². The number of guanidine groups is 2. The molecule has 444 valence electrons. The van der Waals surface area contributed by atoms with Crippen molar-refractivity contribution in [1.82, 2.24) is 20.4 Å². The first-order chi connectivity index (χ1) is 41.9. The van der Waals surface area contributed by atoms with E-state index in [1.807, 2.05) is 155 Å². The summed E-state index contributed by atoms with van der Waals surface area (Å²) in [7, 11) is 0. The van der Waals surface area contributed by atoms with Gasteiger partial charge in [0.1, 0.15) is 0 Å². The van der Waals surface area contributed by atoms with Crippen molar-refractivity contribution in [3.63, 3.8) is 0 Å². The van der Waals surface area contributed by atoms with Gasteiger partial charge in [-0.25, -0.2) is 0 Å². The fraction of sp³-hybridized carbons (Fsp3) is 0.306. The van der Waals surface area contributed by atoms with E-state index >= 15 is 0 Å². The Balaban J connectivity index is 0.000000205. The summed E-state index contributed by atoms with van der Waals surface area (Å²) in [4.78, 5) is 66.7. The van der Waals surface area contributed by atoms with Crippen LogP contribution in [0.25, 0.3) is 21.5 Å². The van der Waals surface area contributed by atoms with E-state index < -0.39 is 0 Å². The minimum Gasteiger partial charge on any atom is -0.370 e. The Kier molecular flexibility index (Phi) is 22.4. The molecule has 0 bridgehead atoms. The second-order valence-corrected chi connectivity index (χ2v) is 22.7. The number of carbonyl (C=O) groups is 4. The monoisotopic (exact) mass is 1150 g/mol. The maximum Gasteiger partial charge on any atom is 0.239 e. The second-order valence-electron chi connectivity index (χ2n) is 22.7. The number of nitrogens with two attached hydrogens (primary N) is 4. The zero-order valence-corrected chi connectivity index (χ0v) is 49.1. The zero-order chi connectivity index (χ0) is 60.0. The number of hydrogen-bond donors (Lipinski definition) is 6. The van der Waals surface area contributed by atoms with E-state index in [2.05, 4.69) is 81.3 Å². The number of benzene rings is 8. The van der Waals surface area contributed by atoms with Crippen molar-refractivity contribution in [3.05, 3.63) is 240 Å². The highest BCUT2D eigenvalue weighted by atomic mass is 16.2. The molecule has 2 saturated heterocycles. The molecule has 2 aliphatic rings. The minimum atomic E-state index is -0.371. The number of rotatable bonds is 24. The molecular formula is C72H82N10O4. The smallest absolute Gasteiger partial charge is 0.239 e. The normalized spacial score (nSPS) is 17.1. The van der Waals surface area contributed by atoms with Gasteiger partial charge in [-0.15, -0.1) is 0 Å². The summed E-state index contributed by atoms with van der Waals surface area (Å²) in [6.45, 7) is 3.36. The number of amides is 2. The molecule has 2 amide bonds. The number of Topliss-reactive ketones (excluding diaryl/α,β-unsaturated/α-hetero) is 2. The van der Waals surface area contributed by atoms with Gasteiger partial charge in [0.25, 0.3) is 0 Å². The average molecular weight is 1150 g/mol. The molecule has 86 heavy (non-hydrogen) atoms. The van der Waals surface area contributed by atoms with Gasteiger partial charge < -0.3 is 43.4 Å². The lowest BCUT2D eigenvalue weighted by Gasteiger charge is -2.29. The first-order valence-electron chi connectivity index (χ1n) is 30.4. The van der Waals surface area contributed by atoms with Gasteiger partial charge in [-0.3, -0.25) is 29.2 Å². The predicted molar refractivity (Wildman–Crippen MR) is 348 cm³/mol. The van der Waals surface area contributed by atoms with Crippen molar-refractivity contribution in [3.8, 4) is 0 Å². The Morgan fingerprint density at radius 1 is 0.430 bits per heavy atom. The molecule has 0 spiro atoms. The number of aliphatic imine (C=N–C) groups is 2. The van der Waals surface area contributed by atoms with Gasteiger partial charge in [0.05, 0.1) is 12.1 Å². The summed E-state index contributed by atoms with van der Waals surface area (Å²) in [6, 6.07) is 68.8. The molecule has 2 heterocycles. The lowest BCUT2D eigenvalue weighted by Crippen LogP contribution is -2.46. The molecule has 2 aliphatic heterocycles. The van der Waals surface area contributed by atoms with E-state index in [1.54, 1.807) is 0 Å². The summed E-state index contributed by atoms with van der Waals surface area (Å²) < 4.78 is 0. The largest absolute Gasteiger partial charge is 0.370 e. The van der Waals surface area contributed by atoms with Crippen molar-refractivity contribution in [2.24, 2.45) is 32.9 Å². The van der Waals surface area contributed by atoms with Crippen LogP contribution in [0.15, 0.2) is 216 Å². The molecule has 0 saturated carbocycles. The van der Waals surface area contributed by atoms with Crippen molar-refractivity contribution in [1.29, 1.82) is 0 Å². The van der Waals surface area contributed by atoms with Crippen LogP contribution in [0, 0.1) is 0 Å². The van der Waals surface area contributed by atoms with Gasteiger partial charge in [-0.2, -0.15) is 0 Å². The van der Waals surface area contributed by atoms with Crippen LogP contribution in [0.5, 0.6) is 0 Å². The van der Waals surface area contributed by atoms with Crippen LogP contribution in [0.3, 0.4) is 0 Å². The van der Waals surface area contributed by atoms with Gasteiger partial charge in [-0.1, -0.05) is 194 Å². The van der Waals surface area contributed by atoms with Crippen LogP contribution in [0.4, 0.5) is 0 Å². The van der Waals surface area contributed by atoms with Crippen LogP contribution in [-0.4, -0.2) is 109 Å². The lowest BCUT2D eigenvalue weighted by molar-refractivity contribution is -0.133. The van der Waals surface area contributed by atoms with Crippen molar-refractivity contribution < 1.29 is 19.2 Å². The molecule has 8 aromatic carbocycles. The lowest BCUT2D eigenvalue weighted by atomic mass is 9.90. The van der Waals surface area contributed by atoms with Crippen LogP contribution < -0.4 is 33.6 Å². The third-order valence-corrected chi connectivity index (χ3v) is 16.7. The molecule has 10 N–H and O–H groups in total. The number of hydrogen-bond acceptors (Lipinski definition) is 8. The third kappa shape index (κ3) is 17.6. The molecular weight excluding hydrogens is 1070 g/mol. The van der Waals surface area contributed by atoms with E-state index in [1.165, 1.54) is 22.3 Å². The first-order valence-corrected chi connectivity index (χ1v) is 30.4. The van der Waals surface area contributed by atoms with E-state index in [4.69, 9.17) is 22.9 Å². The molecule has 8 aromatic rings. The predicted octanol–water partition coefficient (Wildman–Crippen LogP) is 10.5. The molecule has 14 heteroatoms. The average Bonchev–Trinajstić information content (AvgIpc) is 3.67. The van der Waals surface area contributed by atoms with Crippen molar-refractivity contribution >= 4 is 56.8 Å². The summed E-state index contributed by atoms with van der Waals surface area (Å²) in [5, 5.41) is 11.6. The Morgan fingerprint density at radius 3 is 1.09 bits per heavy atom. The Morgan fingerprint density at radius 2 is 0.756 bits per heavy atom. The fourth-order valence-corrected chi connectivity index (χ4v) is 12.0. The second kappa shape index (κ2) is 31.2. The maximum atomic E-state index is 14.0. The quantitative estimate of drug-likeness (QED) is 0.0145. The molecule has 0 aromatic heterocycles. The van der Waals surface area contributed by atoms with Crippen molar-refractivity contribution in [2.45, 2.75) is 100 Å². The number of fused-ring (bicyclic) bond motifs is 2. The van der Waals surface area contributed by atoms with Gasteiger partial charge in [-0.05, 0) is 107 Å². The van der Waals surface area contributed by atoms with E-state index in [0.29, 0.717) is 90.6 Å². The maximum absolute atomic E-state index is 14.0. The van der Waals surface area contributed by atoms with E-state index in [9.17, 15) is 19.2 Å². The Labute approximate surface area is 506 Å². The Bertz CT molecular complexity index is 3230. The number of carbonyl (C=O) groups excluding carboxylic acids is 4. The highest BCUT2D eigenvalue weighted by Crippen LogP contribution is 2.30. The fourth-order valence-electron chi connectivity index (χ4n) is 12.0. The van der Waals surface area contributed by atoms with Crippen molar-refractivity contribution in [2.75, 3.05) is 39.3 Å². The van der Waals surface area contributed by atoms with E-state index in [-0.39, 0.29) is 71.3 Å². The highest BCUT2D eigenvalue weighted by molar-refractivity contribution is 6.01. The van der Waals surface area contributed by atoms with Gasteiger partial charge in [0.2, 0.25) is 11.8 Å². The molecule has 0 unspecified atom stereocenters. The van der Waals surface area contributed by atoms with Crippen LogP contribution in [-0.2, 0) is 9.59 Å². The SMILES string of the molecule is NC(N)=NCCC[C@H]1N[C@@H](CCC(=O)c2ccc3ccccc3c2)CCN(CC(c2ccccc2)c2ccccc2)C1=O.NC(N)=NCCC[C@H]1N[C@H](CCC(=O)c2ccc3ccccc3c2)CCN(CC(c2ccccc2)c2ccccc2)C1=O. The zero-order valence-electron chi connectivity index (χ0n) is 49.1. The molecule has 14 nitrogen and oxygen atoms in total. The Hall–Kier alpha value is -8.98. The summed E-state index contributed by atoms with van der Waals surface area (Å²) in [6.07, 6.45) is 6.30. The van der Waals surface area contributed by atoms with E-state index in [0.717, 1.165) is 45.5 Å². The topological polar surface area (TPSA) is 228 Å². The van der Waals surface area contributed by atoms with Gasteiger partial charge >= 0.3 is 0 Å². The number of nitrogens with one attached hydrogen (secondary N) is 2. The molecule has 4 atom stereocenters. The van der Waals surface area contributed by atoms with Crippen LogP contribution >= 0.6 is 0 Å². The minimum absolute atomic E-state index is 0.0401. The molecule has 0 radical (unpaired) electrons. The highest BCUT2D eigenvalue weighted by Gasteiger charge is 2.34. The standard InChI is InChI=1S/2C36H41N5O2/c2*37-36(38)39-22-9-16-33-35(43)41(25-32(27-11-3-1-4-12-27)28-13-5-2-6-14-28)23-21-31(40-33)19-20-34(42)30-18-17-26-10-7-8-15-29(26)24-30/h2*1-8,10-15,17-18,24,31-33,40H,9,16,19-23,25H2,(H4,37,38,39)/t31-,33+;31-,33-/m01/s1. The number of ketones is 2. The third-order valence-electron chi connectivity index (χ3n) is 16.7. The molecule has 0 aliphatic carbocycles. The number of nitrogens with zero attached hydrogens (tertiary/aromatic N) is 4. The molecule has 2 fully saturated rings. The summed E-state index contributed by atoms with van der Waals surface area (Å²) in [5.41, 5.74) is 28.3. The first kappa shape index (κ1) is 61.6. The summed E-state index contributed by atoms with van der Waals surface area (Å²) >= 11 is 0. The van der Waals surface area contributed by atoms with Crippen LogP contribution in [0.2, 0.25) is 0 Å². The molecule has 10 rings (SSSR count).